The van der Waals surface area contributed by atoms with Gasteiger partial charge in [-0.15, -0.1) is 11.8 Å². The van der Waals surface area contributed by atoms with Gasteiger partial charge in [-0.3, -0.25) is 0 Å². The Bertz CT molecular complexity index is 461. The summed E-state index contributed by atoms with van der Waals surface area (Å²) in [6, 6.07) is 0.226. The summed E-state index contributed by atoms with van der Waals surface area (Å²) in [4.78, 5) is 3.98. The first-order valence-electron chi connectivity index (χ1n) is 5.13. The molecule has 0 spiro atoms. The average molecular weight is 261 g/mol. The number of aromatic nitrogens is 2. The lowest BCUT2D eigenvalue weighted by Gasteiger charge is -2.12. The standard InChI is InChI=1S/C9H15N3O2S2/c1-8(2)11-5-9(10-6-11)16(13,14)12-3-4-15-7-12/h5-6,8H,3-4,7H2,1-2H3. The van der Waals surface area contributed by atoms with Crippen molar-refractivity contribution in [3.05, 3.63) is 12.5 Å². The Balaban J connectivity index is 2.28. The van der Waals surface area contributed by atoms with E-state index in [1.807, 2.05) is 13.8 Å². The molecular weight excluding hydrogens is 246 g/mol. The highest BCUT2D eigenvalue weighted by atomic mass is 32.2. The van der Waals surface area contributed by atoms with E-state index in [4.69, 9.17) is 0 Å². The van der Waals surface area contributed by atoms with Crippen LogP contribution in [-0.4, -0.2) is 40.4 Å². The number of thioether (sulfide) groups is 1. The molecule has 0 saturated carbocycles. The number of hydrogen-bond acceptors (Lipinski definition) is 4. The smallest absolute Gasteiger partial charge is 0.262 e. The molecule has 0 amide bonds. The van der Waals surface area contributed by atoms with Crippen LogP contribution in [0.2, 0.25) is 0 Å². The van der Waals surface area contributed by atoms with Crippen molar-refractivity contribution in [3.63, 3.8) is 0 Å². The van der Waals surface area contributed by atoms with Crippen LogP contribution in [0.3, 0.4) is 0 Å². The first-order chi connectivity index (χ1) is 7.51. The van der Waals surface area contributed by atoms with Gasteiger partial charge in [0.1, 0.15) is 0 Å². The predicted molar refractivity (Wildman–Crippen MR) is 63.8 cm³/mol. The van der Waals surface area contributed by atoms with E-state index in [1.54, 1.807) is 28.9 Å². The van der Waals surface area contributed by atoms with E-state index in [9.17, 15) is 8.42 Å². The molecule has 5 nitrogen and oxygen atoms in total. The van der Waals surface area contributed by atoms with Crippen molar-refractivity contribution in [2.24, 2.45) is 0 Å². The van der Waals surface area contributed by atoms with Crippen LogP contribution in [0.25, 0.3) is 0 Å². The van der Waals surface area contributed by atoms with E-state index in [-0.39, 0.29) is 11.1 Å². The van der Waals surface area contributed by atoms with Crippen LogP contribution >= 0.6 is 11.8 Å². The maximum absolute atomic E-state index is 12.1. The number of nitrogens with zero attached hydrogens (tertiary/aromatic N) is 3. The molecule has 2 heterocycles. The SMILES string of the molecule is CC(C)n1cnc(S(=O)(=O)N2CCSC2)c1. The van der Waals surface area contributed by atoms with Gasteiger partial charge < -0.3 is 4.57 Å². The summed E-state index contributed by atoms with van der Waals surface area (Å²) in [6.07, 6.45) is 3.17. The van der Waals surface area contributed by atoms with E-state index in [0.29, 0.717) is 12.4 Å². The molecule has 0 aliphatic carbocycles. The van der Waals surface area contributed by atoms with E-state index in [0.717, 1.165) is 5.75 Å². The number of imidazole rings is 1. The van der Waals surface area contributed by atoms with Crippen molar-refractivity contribution < 1.29 is 8.42 Å². The fourth-order valence-corrected chi connectivity index (χ4v) is 4.19. The van der Waals surface area contributed by atoms with Crippen LogP contribution in [0.4, 0.5) is 0 Å². The Labute approximate surface area is 99.9 Å². The van der Waals surface area contributed by atoms with Gasteiger partial charge >= 0.3 is 0 Å². The molecule has 1 fully saturated rings. The van der Waals surface area contributed by atoms with Crippen LogP contribution in [0.5, 0.6) is 0 Å². The fraction of sp³-hybridized carbons (Fsp3) is 0.667. The minimum Gasteiger partial charge on any atom is -0.334 e. The molecule has 16 heavy (non-hydrogen) atoms. The van der Waals surface area contributed by atoms with Crippen LogP contribution in [-0.2, 0) is 10.0 Å². The third-order valence-electron chi connectivity index (χ3n) is 2.50. The summed E-state index contributed by atoms with van der Waals surface area (Å²) in [7, 11) is -3.37. The quantitative estimate of drug-likeness (QED) is 0.819. The molecule has 90 valence electrons. The normalized spacial score (nSPS) is 18.4. The molecule has 7 heteroatoms. The first kappa shape index (κ1) is 11.9. The number of sulfonamides is 1. The van der Waals surface area contributed by atoms with Crippen molar-refractivity contribution in [1.82, 2.24) is 13.9 Å². The van der Waals surface area contributed by atoms with E-state index in [2.05, 4.69) is 4.98 Å². The highest BCUT2D eigenvalue weighted by Crippen LogP contribution is 2.22. The van der Waals surface area contributed by atoms with Crippen molar-refractivity contribution in [2.45, 2.75) is 24.9 Å². The molecule has 0 aromatic carbocycles. The summed E-state index contributed by atoms with van der Waals surface area (Å²) < 4.78 is 27.5. The lowest BCUT2D eigenvalue weighted by Crippen LogP contribution is -2.28. The number of hydrogen-bond donors (Lipinski definition) is 0. The summed E-state index contributed by atoms with van der Waals surface area (Å²) in [5.74, 6) is 1.40. The second-order valence-electron chi connectivity index (χ2n) is 3.97. The molecule has 1 aromatic heterocycles. The van der Waals surface area contributed by atoms with Gasteiger partial charge in [0.05, 0.1) is 12.2 Å². The van der Waals surface area contributed by atoms with Gasteiger partial charge in [0, 0.05) is 24.5 Å². The maximum Gasteiger partial charge on any atom is 0.262 e. The fourth-order valence-electron chi connectivity index (χ4n) is 1.45. The Hall–Kier alpha value is -0.530. The van der Waals surface area contributed by atoms with Gasteiger partial charge in [0.2, 0.25) is 0 Å². The largest absolute Gasteiger partial charge is 0.334 e. The molecule has 1 aliphatic rings. The molecule has 1 aromatic rings. The van der Waals surface area contributed by atoms with Crippen molar-refractivity contribution >= 4 is 21.8 Å². The van der Waals surface area contributed by atoms with Crippen molar-refractivity contribution in [2.75, 3.05) is 18.2 Å². The molecule has 0 bridgehead atoms. The number of rotatable bonds is 3. The van der Waals surface area contributed by atoms with Gasteiger partial charge in [-0.1, -0.05) is 0 Å². The summed E-state index contributed by atoms with van der Waals surface area (Å²) in [6.45, 7) is 4.56. The van der Waals surface area contributed by atoms with Gasteiger partial charge in [-0.2, -0.15) is 4.31 Å². The topological polar surface area (TPSA) is 55.2 Å². The van der Waals surface area contributed by atoms with Crippen molar-refractivity contribution in [3.8, 4) is 0 Å². The third kappa shape index (κ3) is 2.11. The predicted octanol–water partition coefficient (Wildman–Crippen LogP) is 1.16. The van der Waals surface area contributed by atoms with E-state index >= 15 is 0 Å². The molecule has 0 atom stereocenters. The van der Waals surface area contributed by atoms with Gasteiger partial charge in [0.25, 0.3) is 10.0 Å². The zero-order chi connectivity index (χ0) is 11.8. The summed E-state index contributed by atoms with van der Waals surface area (Å²) in [5, 5.41) is 0.156. The average Bonchev–Trinajstić information content (AvgIpc) is 2.90. The molecule has 0 N–H and O–H groups in total. The zero-order valence-corrected chi connectivity index (χ0v) is 11.0. The lowest BCUT2D eigenvalue weighted by molar-refractivity contribution is 0.486. The molecule has 1 aliphatic heterocycles. The van der Waals surface area contributed by atoms with Gasteiger partial charge in [-0.25, -0.2) is 13.4 Å². The maximum atomic E-state index is 12.1. The summed E-state index contributed by atoms with van der Waals surface area (Å²) in [5.41, 5.74) is 0. The van der Waals surface area contributed by atoms with Gasteiger partial charge in [-0.05, 0) is 13.8 Å². The van der Waals surface area contributed by atoms with E-state index < -0.39 is 10.0 Å². The Morgan fingerprint density at radius 2 is 2.25 bits per heavy atom. The monoisotopic (exact) mass is 261 g/mol. The Kier molecular flexibility index (Phi) is 3.27. The molecule has 0 radical (unpaired) electrons. The van der Waals surface area contributed by atoms with Crippen LogP contribution in [0.15, 0.2) is 17.6 Å². The molecule has 1 saturated heterocycles. The highest BCUT2D eigenvalue weighted by molar-refractivity contribution is 8.00. The Morgan fingerprint density at radius 3 is 2.75 bits per heavy atom. The molecule has 0 unspecified atom stereocenters. The highest BCUT2D eigenvalue weighted by Gasteiger charge is 2.29. The zero-order valence-electron chi connectivity index (χ0n) is 9.33. The minimum atomic E-state index is -3.37. The van der Waals surface area contributed by atoms with Crippen molar-refractivity contribution in [1.29, 1.82) is 0 Å². The molecular formula is C9H15N3O2S2. The van der Waals surface area contributed by atoms with Gasteiger partial charge in [0.15, 0.2) is 5.03 Å². The second kappa shape index (κ2) is 4.38. The third-order valence-corrected chi connectivity index (χ3v) is 5.36. The summed E-state index contributed by atoms with van der Waals surface area (Å²) >= 11 is 1.63. The van der Waals surface area contributed by atoms with Crippen LogP contribution in [0, 0.1) is 0 Å². The second-order valence-corrected chi connectivity index (χ2v) is 6.93. The van der Waals surface area contributed by atoms with Crippen LogP contribution < -0.4 is 0 Å². The minimum absolute atomic E-state index is 0.156. The lowest BCUT2D eigenvalue weighted by atomic mass is 10.4. The molecule has 2 rings (SSSR count). The van der Waals surface area contributed by atoms with E-state index in [1.165, 1.54) is 4.31 Å². The first-order valence-corrected chi connectivity index (χ1v) is 7.72. The Morgan fingerprint density at radius 1 is 1.50 bits per heavy atom. The van der Waals surface area contributed by atoms with Crippen LogP contribution in [0.1, 0.15) is 19.9 Å².